The molecule has 15 heavy (non-hydrogen) atoms. The van der Waals surface area contributed by atoms with Gasteiger partial charge in [-0.25, -0.2) is 0 Å². The van der Waals surface area contributed by atoms with Crippen molar-refractivity contribution in [1.29, 1.82) is 0 Å². The van der Waals surface area contributed by atoms with Crippen molar-refractivity contribution in [3.05, 3.63) is 33.8 Å². The van der Waals surface area contributed by atoms with Crippen LogP contribution in [0.4, 0.5) is 0 Å². The SMILES string of the molecule is CN(CCCN)Cc1cc(Cl)cc(Cl)c1. The second-order valence-corrected chi connectivity index (χ2v) is 4.53. The first-order valence-electron chi connectivity index (χ1n) is 4.95. The molecule has 0 fully saturated rings. The zero-order chi connectivity index (χ0) is 11.3. The molecule has 0 aliphatic heterocycles. The van der Waals surface area contributed by atoms with Gasteiger partial charge in [0.2, 0.25) is 0 Å². The number of nitrogens with two attached hydrogens (primary N) is 1. The number of benzene rings is 1. The Kier molecular flexibility index (Phi) is 5.40. The molecule has 2 nitrogen and oxygen atoms in total. The van der Waals surface area contributed by atoms with E-state index in [0.29, 0.717) is 10.0 Å². The minimum absolute atomic E-state index is 0.685. The van der Waals surface area contributed by atoms with E-state index >= 15 is 0 Å². The molecule has 0 bridgehead atoms. The zero-order valence-electron chi connectivity index (χ0n) is 8.84. The molecule has 1 aromatic carbocycles. The van der Waals surface area contributed by atoms with Crippen LogP contribution in [0.2, 0.25) is 10.0 Å². The minimum Gasteiger partial charge on any atom is -0.330 e. The van der Waals surface area contributed by atoms with Crippen LogP contribution >= 0.6 is 23.2 Å². The molecule has 84 valence electrons. The number of hydrogen-bond donors (Lipinski definition) is 1. The predicted molar refractivity (Wildman–Crippen MR) is 66.5 cm³/mol. The third-order valence-electron chi connectivity index (χ3n) is 2.12. The van der Waals surface area contributed by atoms with Crippen molar-refractivity contribution >= 4 is 23.2 Å². The molecular formula is C11H16Cl2N2. The molecule has 0 unspecified atom stereocenters. The van der Waals surface area contributed by atoms with Gasteiger partial charge >= 0.3 is 0 Å². The fourth-order valence-corrected chi connectivity index (χ4v) is 2.03. The first-order chi connectivity index (χ1) is 7.11. The molecule has 0 spiro atoms. The highest BCUT2D eigenvalue weighted by atomic mass is 35.5. The van der Waals surface area contributed by atoms with E-state index in [4.69, 9.17) is 28.9 Å². The summed E-state index contributed by atoms with van der Waals surface area (Å²) in [5.41, 5.74) is 6.58. The van der Waals surface area contributed by atoms with E-state index < -0.39 is 0 Å². The first-order valence-corrected chi connectivity index (χ1v) is 5.71. The third kappa shape index (κ3) is 4.85. The van der Waals surface area contributed by atoms with Gasteiger partial charge in [0.15, 0.2) is 0 Å². The summed E-state index contributed by atoms with van der Waals surface area (Å²) in [6.45, 7) is 2.56. The predicted octanol–water partition coefficient (Wildman–Crippen LogP) is 2.77. The second kappa shape index (κ2) is 6.33. The number of hydrogen-bond acceptors (Lipinski definition) is 2. The summed E-state index contributed by atoms with van der Waals surface area (Å²) < 4.78 is 0. The Bertz CT molecular complexity index is 295. The quantitative estimate of drug-likeness (QED) is 0.866. The van der Waals surface area contributed by atoms with Gasteiger partial charge in [-0.15, -0.1) is 0 Å². The smallest absolute Gasteiger partial charge is 0.0424 e. The Balaban J connectivity index is 2.56. The molecule has 0 aliphatic carbocycles. The average Bonchev–Trinajstić information content (AvgIpc) is 2.13. The maximum atomic E-state index is 5.91. The van der Waals surface area contributed by atoms with Crippen molar-refractivity contribution in [1.82, 2.24) is 4.90 Å². The summed E-state index contributed by atoms with van der Waals surface area (Å²) >= 11 is 11.8. The van der Waals surface area contributed by atoms with Gasteiger partial charge < -0.3 is 10.6 Å². The molecule has 0 aromatic heterocycles. The lowest BCUT2D eigenvalue weighted by atomic mass is 10.2. The summed E-state index contributed by atoms with van der Waals surface area (Å²) in [5.74, 6) is 0. The van der Waals surface area contributed by atoms with Crippen molar-refractivity contribution in [2.75, 3.05) is 20.1 Å². The molecule has 0 aliphatic rings. The Hall–Kier alpha value is -0.280. The Morgan fingerprint density at radius 1 is 1.20 bits per heavy atom. The summed E-state index contributed by atoms with van der Waals surface area (Å²) in [4.78, 5) is 2.20. The fraction of sp³-hybridized carbons (Fsp3) is 0.455. The average molecular weight is 247 g/mol. The van der Waals surface area contributed by atoms with Crippen molar-refractivity contribution in [3.63, 3.8) is 0 Å². The highest BCUT2D eigenvalue weighted by Gasteiger charge is 2.02. The number of rotatable bonds is 5. The molecule has 0 atom stereocenters. The van der Waals surface area contributed by atoms with E-state index in [1.165, 1.54) is 0 Å². The molecule has 0 heterocycles. The Labute approximate surface area is 101 Å². The summed E-state index contributed by atoms with van der Waals surface area (Å²) in [6, 6.07) is 5.62. The molecule has 4 heteroatoms. The van der Waals surface area contributed by atoms with E-state index in [9.17, 15) is 0 Å². The summed E-state index contributed by atoms with van der Waals surface area (Å²) in [7, 11) is 2.06. The van der Waals surface area contributed by atoms with Gasteiger partial charge in [0, 0.05) is 16.6 Å². The first kappa shape index (κ1) is 12.8. The zero-order valence-corrected chi connectivity index (χ0v) is 10.4. The third-order valence-corrected chi connectivity index (χ3v) is 2.56. The highest BCUT2D eigenvalue weighted by molar-refractivity contribution is 6.34. The maximum absolute atomic E-state index is 5.91. The van der Waals surface area contributed by atoms with Crippen LogP contribution in [-0.4, -0.2) is 25.0 Å². The van der Waals surface area contributed by atoms with E-state index in [-0.39, 0.29) is 0 Å². The largest absolute Gasteiger partial charge is 0.330 e. The van der Waals surface area contributed by atoms with Gasteiger partial charge in [-0.2, -0.15) is 0 Å². The standard InChI is InChI=1S/C11H16Cl2N2/c1-15(4-2-3-14)8-9-5-10(12)7-11(13)6-9/h5-7H,2-4,8,14H2,1H3. The summed E-state index contributed by atoms with van der Waals surface area (Å²) in [5, 5.41) is 1.37. The lowest BCUT2D eigenvalue weighted by Gasteiger charge is -2.16. The van der Waals surface area contributed by atoms with Crippen molar-refractivity contribution in [2.45, 2.75) is 13.0 Å². The monoisotopic (exact) mass is 246 g/mol. The highest BCUT2D eigenvalue weighted by Crippen LogP contribution is 2.19. The van der Waals surface area contributed by atoms with Gasteiger partial charge in [-0.3, -0.25) is 0 Å². The molecule has 1 aromatic rings. The van der Waals surface area contributed by atoms with E-state index in [1.807, 2.05) is 12.1 Å². The topological polar surface area (TPSA) is 29.3 Å². The van der Waals surface area contributed by atoms with Gasteiger partial charge in [-0.05, 0) is 50.3 Å². The van der Waals surface area contributed by atoms with Crippen molar-refractivity contribution in [3.8, 4) is 0 Å². The van der Waals surface area contributed by atoms with Crippen molar-refractivity contribution < 1.29 is 0 Å². The summed E-state index contributed by atoms with van der Waals surface area (Å²) in [6.07, 6.45) is 1.00. The molecule has 1 rings (SSSR count). The number of nitrogens with zero attached hydrogens (tertiary/aromatic N) is 1. The van der Waals surface area contributed by atoms with E-state index in [0.717, 1.165) is 31.6 Å². The van der Waals surface area contributed by atoms with Crippen LogP contribution in [0.25, 0.3) is 0 Å². The Morgan fingerprint density at radius 3 is 2.33 bits per heavy atom. The van der Waals surface area contributed by atoms with Gasteiger partial charge in [0.1, 0.15) is 0 Å². The van der Waals surface area contributed by atoms with Crippen LogP contribution in [0.3, 0.4) is 0 Å². The fourth-order valence-electron chi connectivity index (χ4n) is 1.45. The van der Waals surface area contributed by atoms with Gasteiger partial charge in [0.25, 0.3) is 0 Å². The lowest BCUT2D eigenvalue weighted by Crippen LogP contribution is -2.21. The van der Waals surface area contributed by atoms with Crippen LogP contribution < -0.4 is 5.73 Å². The van der Waals surface area contributed by atoms with Crippen LogP contribution in [0.15, 0.2) is 18.2 Å². The van der Waals surface area contributed by atoms with Crippen LogP contribution in [0.1, 0.15) is 12.0 Å². The molecule has 0 amide bonds. The minimum atomic E-state index is 0.685. The van der Waals surface area contributed by atoms with Gasteiger partial charge in [0.05, 0.1) is 0 Å². The van der Waals surface area contributed by atoms with Crippen LogP contribution in [0.5, 0.6) is 0 Å². The molecule has 0 saturated heterocycles. The Morgan fingerprint density at radius 2 is 1.80 bits per heavy atom. The normalized spacial score (nSPS) is 11.0. The maximum Gasteiger partial charge on any atom is 0.0424 e. The van der Waals surface area contributed by atoms with E-state index in [1.54, 1.807) is 6.07 Å². The second-order valence-electron chi connectivity index (χ2n) is 3.66. The lowest BCUT2D eigenvalue weighted by molar-refractivity contribution is 0.324. The van der Waals surface area contributed by atoms with Crippen LogP contribution in [-0.2, 0) is 6.54 Å². The van der Waals surface area contributed by atoms with E-state index in [2.05, 4.69) is 11.9 Å². The molecule has 0 radical (unpaired) electrons. The van der Waals surface area contributed by atoms with Gasteiger partial charge in [-0.1, -0.05) is 23.2 Å². The molecule has 0 saturated carbocycles. The molecule has 2 N–H and O–H groups in total. The van der Waals surface area contributed by atoms with Crippen LogP contribution in [0, 0.1) is 0 Å². The van der Waals surface area contributed by atoms with Crippen molar-refractivity contribution in [2.24, 2.45) is 5.73 Å². The molecular weight excluding hydrogens is 231 g/mol. The number of halogens is 2.